The molecule has 0 aliphatic carbocycles. The van der Waals surface area contributed by atoms with Crippen molar-refractivity contribution >= 4 is 5.97 Å². The van der Waals surface area contributed by atoms with Crippen LogP contribution in [0, 0.1) is 0 Å². The first-order chi connectivity index (χ1) is 8.67. The van der Waals surface area contributed by atoms with Crippen LogP contribution < -0.4 is 9.47 Å². The number of hydrogen-bond acceptors (Lipinski definition) is 6. The molecule has 98 valence electrons. The number of esters is 1. The van der Waals surface area contributed by atoms with Crippen molar-refractivity contribution in [3.05, 3.63) is 23.3 Å². The Morgan fingerprint density at radius 1 is 1.44 bits per heavy atom. The molecule has 1 aliphatic rings. The molecule has 1 aromatic carbocycles. The number of methoxy groups -OCH3 is 2. The van der Waals surface area contributed by atoms with E-state index < -0.39 is 12.1 Å². The Morgan fingerprint density at radius 3 is 2.89 bits per heavy atom. The standard InChI is InChI=1S/C12H14O6/c1-15-10-3-7-5-17-6-18-9(7)4-8(10)11(13)12(14)16-2/h3-4,11,13H,5-6H2,1-2H3. The molecule has 0 radical (unpaired) electrons. The van der Waals surface area contributed by atoms with Gasteiger partial charge < -0.3 is 24.1 Å². The summed E-state index contributed by atoms with van der Waals surface area (Å²) >= 11 is 0. The number of aliphatic hydroxyl groups is 1. The largest absolute Gasteiger partial charge is 0.496 e. The highest BCUT2D eigenvalue weighted by atomic mass is 16.7. The number of rotatable bonds is 3. The summed E-state index contributed by atoms with van der Waals surface area (Å²) in [5.74, 6) is 0.209. The van der Waals surface area contributed by atoms with E-state index in [1.807, 2.05) is 0 Å². The van der Waals surface area contributed by atoms with Crippen molar-refractivity contribution < 1.29 is 28.8 Å². The molecule has 0 aromatic heterocycles. The Kier molecular flexibility index (Phi) is 3.69. The summed E-state index contributed by atoms with van der Waals surface area (Å²) in [5, 5.41) is 9.86. The van der Waals surface area contributed by atoms with Crippen LogP contribution in [0.4, 0.5) is 0 Å². The third-order valence-electron chi connectivity index (χ3n) is 2.69. The third kappa shape index (κ3) is 2.25. The molecule has 0 bridgehead atoms. The minimum atomic E-state index is -1.40. The number of benzene rings is 1. The van der Waals surface area contributed by atoms with E-state index in [0.717, 1.165) is 5.56 Å². The monoisotopic (exact) mass is 254 g/mol. The number of fused-ring (bicyclic) bond motifs is 1. The van der Waals surface area contributed by atoms with E-state index >= 15 is 0 Å². The summed E-state index contributed by atoms with van der Waals surface area (Å²) in [7, 11) is 2.67. The molecule has 1 atom stereocenters. The molecule has 0 fully saturated rings. The summed E-state index contributed by atoms with van der Waals surface area (Å²) in [4.78, 5) is 11.4. The highest BCUT2D eigenvalue weighted by Crippen LogP contribution is 2.35. The molecule has 1 aromatic rings. The van der Waals surface area contributed by atoms with Crippen molar-refractivity contribution in [1.82, 2.24) is 0 Å². The zero-order chi connectivity index (χ0) is 13.1. The van der Waals surface area contributed by atoms with E-state index in [1.165, 1.54) is 14.2 Å². The van der Waals surface area contributed by atoms with Crippen LogP contribution in [-0.4, -0.2) is 32.1 Å². The minimum Gasteiger partial charge on any atom is -0.496 e. The molecule has 18 heavy (non-hydrogen) atoms. The maximum atomic E-state index is 11.4. The topological polar surface area (TPSA) is 74.2 Å². The van der Waals surface area contributed by atoms with Gasteiger partial charge >= 0.3 is 5.97 Å². The first kappa shape index (κ1) is 12.7. The quantitative estimate of drug-likeness (QED) is 0.803. The van der Waals surface area contributed by atoms with E-state index in [0.29, 0.717) is 23.7 Å². The molecular weight excluding hydrogens is 240 g/mol. The van der Waals surface area contributed by atoms with E-state index in [9.17, 15) is 9.90 Å². The van der Waals surface area contributed by atoms with E-state index in [2.05, 4.69) is 4.74 Å². The fraction of sp³-hybridized carbons (Fsp3) is 0.417. The van der Waals surface area contributed by atoms with E-state index in [1.54, 1.807) is 12.1 Å². The Bertz CT molecular complexity index is 456. The Morgan fingerprint density at radius 2 is 2.22 bits per heavy atom. The maximum absolute atomic E-state index is 11.4. The molecule has 2 rings (SSSR count). The Labute approximate surface area is 104 Å². The molecule has 1 unspecified atom stereocenters. The molecule has 6 nitrogen and oxygen atoms in total. The van der Waals surface area contributed by atoms with Gasteiger partial charge in [-0.15, -0.1) is 0 Å². The number of aliphatic hydroxyl groups excluding tert-OH is 1. The molecule has 0 saturated heterocycles. The van der Waals surface area contributed by atoms with Gasteiger partial charge in [0.05, 0.1) is 20.8 Å². The maximum Gasteiger partial charge on any atom is 0.339 e. The molecule has 1 heterocycles. The zero-order valence-electron chi connectivity index (χ0n) is 10.1. The van der Waals surface area contributed by atoms with Crippen LogP contribution in [0.1, 0.15) is 17.2 Å². The first-order valence-corrected chi connectivity index (χ1v) is 5.34. The van der Waals surface area contributed by atoms with Gasteiger partial charge in [0, 0.05) is 11.1 Å². The van der Waals surface area contributed by atoms with Gasteiger partial charge in [-0.25, -0.2) is 4.79 Å². The lowest BCUT2D eigenvalue weighted by molar-refractivity contribution is -0.150. The summed E-state index contributed by atoms with van der Waals surface area (Å²) in [6, 6.07) is 3.24. The fourth-order valence-electron chi connectivity index (χ4n) is 1.75. The van der Waals surface area contributed by atoms with Crippen LogP contribution >= 0.6 is 0 Å². The molecule has 0 saturated carbocycles. The number of carbonyl (C=O) groups is 1. The number of ether oxygens (including phenoxy) is 4. The van der Waals surface area contributed by atoms with Crippen LogP contribution in [0.2, 0.25) is 0 Å². The van der Waals surface area contributed by atoms with Gasteiger partial charge in [-0.05, 0) is 12.1 Å². The number of carbonyl (C=O) groups excluding carboxylic acids is 1. The Balaban J connectivity index is 2.42. The van der Waals surface area contributed by atoms with Gasteiger partial charge in [0.15, 0.2) is 12.9 Å². The highest BCUT2D eigenvalue weighted by Gasteiger charge is 2.25. The second-order valence-corrected chi connectivity index (χ2v) is 3.74. The lowest BCUT2D eigenvalue weighted by Crippen LogP contribution is -2.17. The average molecular weight is 254 g/mol. The predicted molar refractivity (Wildman–Crippen MR) is 60.3 cm³/mol. The second-order valence-electron chi connectivity index (χ2n) is 3.74. The van der Waals surface area contributed by atoms with Crippen molar-refractivity contribution in [3.63, 3.8) is 0 Å². The lowest BCUT2D eigenvalue weighted by Gasteiger charge is -2.21. The molecule has 1 N–H and O–H groups in total. The number of hydrogen-bond donors (Lipinski definition) is 1. The van der Waals surface area contributed by atoms with Gasteiger partial charge in [0.2, 0.25) is 0 Å². The minimum absolute atomic E-state index is 0.146. The van der Waals surface area contributed by atoms with Crippen molar-refractivity contribution in [2.45, 2.75) is 12.7 Å². The average Bonchev–Trinajstić information content (AvgIpc) is 2.44. The molecule has 0 amide bonds. The van der Waals surface area contributed by atoms with Crippen molar-refractivity contribution in [2.24, 2.45) is 0 Å². The lowest BCUT2D eigenvalue weighted by atomic mass is 10.0. The van der Waals surface area contributed by atoms with Crippen molar-refractivity contribution in [3.8, 4) is 11.5 Å². The van der Waals surface area contributed by atoms with E-state index in [4.69, 9.17) is 14.2 Å². The summed E-state index contributed by atoms with van der Waals surface area (Å²) in [6.07, 6.45) is -1.40. The molecule has 6 heteroatoms. The SMILES string of the molecule is COC(=O)C(O)c1cc2c(cc1OC)COCO2. The smallest absolute Gasteiger partial charge is 0.339 e. The van der Waals surface area contributed by atoms with E-state index in [-0.39, 0.29) is 6.79 Å². The van der Waals surface area contributed by atoms with Gasteiger partial charge in [-0.3, -0.25) is 0 Å². The Hall–Kier alpha value is -1.79. The summed E-state index contributed by atoms with van der Waals surface area (Å²) < 4.78 is 20.1. The fourth-order valence-corrected chi connectivity index (χ4v) is 1.75. The van der Waals surface area contributed by atoms with Gasteiger partial charge in [0.25, 0.3) is 0 Å². The van der Waals surface area contributed by atoms with Crippen LogP contribution in [-0.2, 0) is 20.9 Å². The van der Waals surface area contributed by atoms with Crippen molar-refractivity contribution in [2.75, 3.05) is 21.0 Å². The van der Waals surface area contributed by atoms with Crippen LogP contribution in [0.5, 0.6) is 11.5 Å². The predicted octanol–water partition coefficient (Wildman–Crippen LogP) is 0.768. The summed E-state index contributed by atoms with van der Waals surface area (Å²) in [5.41, 5.74) is 1.11. The highest BCUT2D eigenvalue weighted by molar-refractivity contribution is 5.77. The second kappa shape index (κ2) is 5.24. The zero-order valence-corrected chi connectivity index (χ0v) is 10.1. The first-order valence-electron chi connectivity index (χ1n) is 5.34. The van der Waals surface area contributed by atoms with Crippen LogP contribution in [0.25, 0.3) is 0 Å². The molecule has 1 aliphatic heterocycles. The van der Waals surface area contributed by atoms with Crippen LogP contribution in [0.15, 0.2) is 12.1 Å². The van der Waals surface area contributed by atoms with Crippen LogP contribution in [0.3, 0.4) is 0 Å². The molecular formula is C12H14O6. The van der Waals surface area contributed by atoms with Gasteiger partial charge in [0.1, 0.15) is 11.5 Å². The van der Waals surface area contributed by atoms with Crippen molar-refractivity contribution in [1.29, 1.82) is 0 Å². The van der Waals surface area contributed by atoms with Gasteiger partial charge in [-0.1, -0.05) is 0 Å². The van der Waals surface area contributed by atoms with Gasteiger partial charge in [-0.2, -0.15) is 0 Å². The normalized spacial score (nSPS) is 15.3. The summed E-state index contributed by atoms with van der Waals surface area (Å²) in [6.45, 7) is 0.549. The third-order valence-corrected chi connectivity index (χ3v) is 2.69. The molecule has 0 spiro atoms.